The second-order valence-electron chi connectivity index (χ2n) is 4.57. The molecule has 3 unspecified atom stereocenters. The zero-order valence-corrected chi connectivity index (χ0v) is 8.27. The van der Waals surface area contributed by atoms with Gasteiger partial charge in [0.15, 0.2) is 11.6 Å². The van der Waals surface area contributed by atoms with Crippen LogP contribution in [0, 0.1) is 11.8 Å². The molecule has 4 rings (SSSR count). The Bertz CT molecular complexity index is 417. The van der Waals surface area contributed by atoms with Crippen molar-refractivity contribution in [2.24, 2.45) is 11.8 Å². The van der Waals surface area contributed by atoms with Crippen molar-refractivity contribution in [1.29, 1.82) is 0 Å². The fourth-order valence-electron chi connectivity index (χ4n) is 3.15. The van der Waals surface area contributed by atoms with E-state index in [0.717, 1.165) is 12.8 Å². The third-order valence-corrected chi connectivity index (χ3v) is 3.80. The number of aliphatic hydroxyl groups excluding tert-OH is 1. The van der Waals surface area contributed by atoms with Gasteiger partial charge in [-0.3, -0.25) is 9.59 Å². The quantitative estimate of drug-likeness (QED) is 0.593. The van der Waals surface area contributed by atoms with Crippen LogP contribution in [0.5, 0.6) is 0 Å². The summed E-state index contributed by atoms with van der Waals surface area (Å²) in [6.45, 7) is 0. The predicted octanol–water partition coefficient (Wildman–Crippen LogP) is 0.782. The zero-order valence-electron chi connectivity index (χ0n) is 8.27. The van der Waals surface area contributed by atoms with Crippen LogP contribution in [0.1, 0.15) is 19.3 Å². The molecule has 78 valence electrons. The molecule has 3 atom stereocenters. The second kappa shape index (κ2) is 2.89. The van der Waals surface area contributed by atoms with Crippen molar-refractivity contribution in [2.75, 3.05) is 0 Å². The molecular weight excluding hydrogens is 192 g/mol. The number of ketones is 2. The first-order valence-electron chi connectivity index (χ1n) is 5.37. The van der Waals surface area contributed by atoms with Crippen molar-refractivity contribution < 1.29 is 14.7 Å². The van der Waals surface area contributed by atoms with Crippen LogP contribution in [0.4, 0.5) is 0 Å². The van der Waals surface area contributed by atoms with Gasteiger partial charge in [0.05, 0.1) is 6.10 Å². The van der Waals surface area contributed by atoms with E-state index >= 15 is 0 Å². The highest BCUT2D eigenvalue weighted by Gasteiger charge is 2.45. The van der Waals surface area contributed by atoms with Gasteiger partial charge in [0, 0.05) is 17.1 Å². The maximum atomic E-state index is 11.7. The number of hydrogen-bond donors (Lipinski definition) is 1. The van der Waals surface area contributed by atoms with Crippen LogP contribution in [0.3, 0.4) is 0 Å². The van der Waals surface area contributed by atoms with Crippen molar-refractivity contribution >= 4 is 11.6 Å². The first-order valence-corrected chi connectivity index (χ1v) is 5.37. The predicted molar refractivity (Wildman–Crippen MR) is 53.0 cm³/mol. The number of aliphatic hydroxyl groups is 1. The maximum absolute atomic E-state index is 11.7. The molecule has 0 aromatic carbocycles. The molecule has 4 aliphatic rings. The standard InChI is InChI=1S/C12H12O3/c13-8-3-4-9(14)12-7-2-1-6(11(8)12)5-10(7)15/h3-4,6-7,10,15H,1-2,5H2. The fourth-order valence-corrected chi connectivity index (χ4v) is 3.15. The lowest BCUT2D eigenvalue weighted by atomic mass is 9.62. The fraction of sp³-hybridized carbons (Fsp3) is 0.500. The molecule has 4 aliphatic carbocycles. The number of carbonyl (C=O) groups excluding carboxylic acids is 2. The molecule has 3 nitrogen and oxygen atoms in total. The van der Waals surface area contributed by atoms with Gasteiger partial charge in [0.1, 0.15) is 0 Å². The van der Waals surface area contributed by atoms with Crippen LogP contribution >= 0.6 is 0 Å². The topological polar surface area (TPSA) is 54.4 Å². The summed E-state index contributed by atoms with van der Waals surface area (Å²) in [6.07, 6.45) is 4.72. The molecule has 0 saturated heterocycles. The Kier molecular flexibility index (Phi) is 1.74. The molecule has 15 heavy (non-hydrogen) atoms. The molecule has 0 radical (unpaired) electrons. The van der Waals surface area contributed by atoms with Crippen LogP contribution in [0.2, 0.25) is 0 Å². The Balaban J connectivity index is 2.16. The van der Waals surface area contributed by atoms with E-state index in [1.165, 1.54) is 12.2 Å². The minimum absolute atomic E-state index is 0.0220. The van der Waals surface area contributed by atoms with E-state index in [4.69, 9.17) is 0 Å². The van der Waals surface area contributed by atoms with E-state index in [0.29, 0.717) is 17.6 Å². The zero-order chi connectivity index (χ0) is 10.6. The molecule has 0 aliphatic heterocycles. The van der Waals surface area contributed by atoms with Gasteiger partial charge in [-0.2, -0.15) is 0 Å². The summed E-state index contributed by atoms with van der Waals surface area (Å²) < 4.78 is 0. The SMILES string of the molecule is O=C1C=CC(=O)C2=C1C1CCC2C(O)C1. The summed E-state index contributed by atoms with van der Waals surface area (Å²) in [5.74, 6) is -0.0722. The van der Waals surface area contributed by atoms with Gasteiger partial charge >= 0.3 is 0 Å². The van der Waals surface area contributed by atoms with E-state index < -0.39 is 6.10 Å². The van der Waals surface area contributed by atoms with Crippen molar-refractivity contribution in [3.05, 3.63) is 23.3 Å². The third-order valence-electron chi connectivity index (χ3n) is 3.80. The van der Waals surface area contributed by atoms with Gasteiger partial charge < -0.3 is 5.11 Å². The Morgan fingerprint density at radius 1 is 1.07 bits per heavy atom. The van der Waals surface area contributed by atoms with Crippen LogP contribution in [-0.2, 0) is 9.59 Å². The number of rotatable bonds is 0. The molecule has 0 aromatic rings. The number of carbonyl (C=O) groups is 2. The van der Waals surface area contributed by atoms with Gasteiger partial charge in [0.25, 0.3) is 0 Å². The lowest BCUT2D eigenvalue weighted by molar-refractivity contribution is -0.118. The molecule has 1 fully saturated rings. The summed E-state index contributed by atoms with van der Waals surface area (Å²) in [7, 11) is 0. The molecule has 1 N–H and O–H groups in total. The molecule has 0 heterocycles. The van der Waals surface area contributed by atoms with Gasteiger partial charge in [-0.25, -0.2) is 0 Å². The van der Waals surface area contributed by atoms with Gasteiger partial charge in [-0.1, -0.05) is 0 Å². The Morgan fingerprint density at radius 2 is 1.73 bits per heavy atom. The molecule has 0 amide bonds. The Hall–Kier alpha value is -1.22. The first kappa shape index (κ1) is 9.04. The van der Waals surface area contributed by atoms with Crippen LogP contribution in [-0.4, -0.2) is 22.8 Å². The second-order valence-corrected chi connectivity index (χ2v) is 4.57. The van der Waals surface area contributed by atoms with Gasteiger partial charge in [-0.15, -0.1) is 0 Å². The van der Waals surface area contributed by atoms with Crippen molar-refractivity contribution in [2.45, 2.75) is 25.4 Å². The largest absolute Gasteiger partial charge is 0.392 e. The van der Waals surface area contributed by atoms with Crippen molar-refractivity contribution in [1.82, 2.24) is 0 Å². The molecular formula is C12H12O3. The van der Waals surface area contributed by atoms with E-state index in [-0.39, 0.29) is 23.4 Å². The van der Waals surface area contributed by atoms with Crippen molar-refractivity contribution in [3.63, 3.8) is 0 Å². The minimum atomic E-state index is -0.425. The summed E-state index contributed by atoms with van der Waals surface area (Å²) in [5.41, 5.74) is 1.31. The Labute approximate surface area is 87.5 Å². The smallest absolute Gasteiger partial charge is 0.182 e. The number of allylic oxidation sites excluding steroid dienone is 3. The Morgan fingerprint density at radius 3 is 2.40 bits per heavy atom. The number of fused-ring (bicyclic) bond motifs is 2. The normalized spacial score (nSPS) is 38.6. The molecule has 3 heteroatoms. The van der Waals surface area contributed by atoms with Gasteiger partial charge in [-0.05, 0) is 37.3 Å². The average molecular weight is 204 g/mol. The summed E-state index contributed by atoms with van der Waals surface area (Å²) in [4.78, 5) is 23.4. The third kappa shape index (κ3) is 1.10. The highest BCUT2D eigenvalue weighted by Crippen LogP contribution is 2.47. The summed E-state index contributed by atoms with van der Waals surface area (Å²) in [5, 5.41) is 9.82. The maximum Gasteiger partial charge on any atom is 0.182 e. The van der Waals surface area contributed by atoms with E-state index in [2.05, 4.69) is 0 Å². The van der Waals surface area contributed by atoms with E-state index in [1.807, 2.05) is 0 Å². The first-order chi connectivity index (χ1) is 7.18. The minimum Gasteiger partial charge on any atom is -0.392 e. The molecule has 0 spiro atoms. The van der Waals surface area contributed by atoms with E-state index in [9.17, 15) is 14.7 Å². The van der Waals surface area contributed by atoms with Crippen molar-refractivity contribution in [3.8, 4) is 0 Å². The lowest BCUT2D eigenvalue weighted by Gasteiger charge is -2.42. The highest BCUT2D eigenvalue weighted by molar-refractivity contribution is 6.21. The lowest BCUT2D eigenvalue weighted by Crippen LogP contribution is -2.42. The molecule has 0 aromatic heterocycles. The highest BCUT2D eigenvalue weighted by atomic mass is 16.3. The summed E-state index contributed by atoms with van der Waals surface area (Å²) >= 11 is 0. The van der Waals surface area contributed by atoms with Gasteiger partial charge in [0.2, 0.25) is 0 Å². The molecule has 1 saturated carbocycles. The van der Waals surface area contributed by atoms with Crippen LogP contribution in [0.15, 0.2) is 23.3 Å². The molecule has 2 bridgehead atoms. The van der Waals surface area contributed by atoms with Crippen LogP contribution < -0.4 is 0 Å². The van der Waals surface area contributed by atoms with Crippen LogP contribution in [0.25, 0.3) is 0 Å². The average Bonchev–Trinajstić information content (AvgIpc) is 2.23. The van der Waals surface area contributed by atoms with E-state index in [1.54, 1.807) is 0 Å². The monoisotopic (exact) mass is 204 g/mol. The number of hydrogen-bond acceptors (Lipinski definition) is 3. The summed E-state index contributed by atoms with van der Waals surface area (Å²) in [6, 6.07) is 0.